The molecule has 1 N–H and O–H groups in total. The van der Waals surface area contributed by atoms with Gasteiger partial charge in [-0.3, -0.25) is 4.79 Å². The maximum absolute atomic E-state index is 12.8. The molecule has 3 rings (SSSR count). The lowest BCUT2D eigenvalue weighted by molar-refractivity contribution is 0.102. The molecule has 0 spiro atoms. The summed E-state index contributed by atoms with van der Waals surface area (Å²) in [6.45, 7) is 1.77. The second-order valence-electron chi connectivity index (χ2n) is 5.07. The number of thioether (sulfide) groups is 1. The summed E-state index contributed by atoms with van der Waals surface area (Å²) in [7, 11) is 0. The van der Waals surface area contributed by atoms with E-state index in [0.717, 1.165) is 4.47 Å². The van der Waals surface area contributed by atoms with Gasteiger partial charge in [-0.05, 0) is 43.5 Å². The van der Waals surface area contributed by atoms with Crippen LogP contribution in [0.2, 0.25) is 5.02 Å². The van der Waals surface area contributed by atoms with Crippen LogP contribution in [0.25, 0.3) is 11.6 Å². The number of halogens is 2. The molecule has 128 valence electrons. The van der Waals surface area contributed by atoms with E-state index in [2.05, 4.69) is 31.2 Å². The zero-order chi connectivity index (χ0) is 18.0. The second-order valence-corrected chi connectivity index (χ2v) is 7.19. The van der Waals surface area contributed by atoms with Gasteiger partial charge in [-0.25, -0.2) is 9.97 Å². The number of hydrogen-bond acceptors (Lipinski definition) is 5. The van der Waals surface area contributed by atoms with Crippen molar-refractivity contribution >= 4 is 50.9 Å². The molecule has 1 amide bonds. The third-order valence-electron chi connectivity index (χ3n) is 3.40. The minimum absolute atomic E-state index is 0.308. The Labute approximate surface area is 162 Å². The fraction of sp³-hybridized carbons (Fsp3) is 0.118. The highest BCUT2D eigenvalue weighted by Gasteiger charge is 2.20. The number of amides is 1. The predicted molar refractivity (Wildman–Crippen MR) is 103 cm³/mol. The van der Waals surface area contributed by atoms with E-state index in [0.29, 0.717) is 38.6 Å². The molecule has 0 aliphatic rings. The SMILES string of the molecule is CSc1nc(-c2ccco2)nc(C)c1C(=O)Nc1ccc(Br)cc1Cl. The van der Waals surface area contributed by atoms with E-state index in [1.807, 2.05) is 6.26 Å². The van der Waals surface area contributed by atoms with Gasteiger partial charge in [0.15, 0.2) is 11.6 Å². The molecule has 0 saturated heterocycles. The van der Waals surface area contributed by atoms with Gasteiger partial charge in [0.05, 0.1) is 28.2 Å². The van der Waals surface area contributed by atoms with Gasteiger partial charge in [0.2, 0.25) is 0 Å². The average Bonchev–Trinajstić information content (AvgIpc) is 3.11. The molecular formula is C17H13BrClN3O2S. The quantitative estimate of drug-likeness (QED) is 0.434. The van der Waals surface area contributed by atoms with Gasteiger partial charge in [-0.1, -0.05) is 27.5 Å². The Morgan fingerprint density at radius 1 is 1.32 bits per heavy atom. The predicted octanol–water partition coefficient (Wildman–Crippen LogP) is 5.44. The van der Waals surface area contributed by atoms with Crippen LogP contribution >= 0.6 is 39.3 Å². The monoisotopic (exact) mass is 437 g/mol. The average molecular weight is 439 g/mol. The number of carbonyl (C=O) groups is 1. The first-order valence-electron chi connectivity index (χ1n) is 7.22. The van der Waals surface area contributed by atoms with Crippen LogP contribution in [0.3, 0.4) is 0 Å². The summed E-state index contributed by atoms with van der Waals surface area (Å²) < 4.78 is 6.18. The summed E-state index contributed by atoms with van der Waals surface area (Å²) in [5.41, 5.74) is 1.51. The Hall–Kier alpha value is -1.83. The zero-order valence-electron chi connectivity index (χ0n) is 13.3. The number of rotatable bonds is 4. The molecule has 0 saturated carbocycles. The van der Waals surface area contributed by atoms with Crippen LogP contribution in [-0.2, 0) is 0 Å². The van der Waals surface area contributed by atoms with Crippen LogP contribution in [0, 0.1) is 6.92 Å². The van der Waals surface area contributed by atoms with Crippen molar-refractivity contribution < 1.29 is 9.21 Å². The molecule has 8 heteroatoms. The summed E-state index contributed by atoms with van der Waals surface area (Å²) in [6.07, 6.45) is 3.42. The second kappa shape index (κ2) is 7.59. The smallest absolute Gasteiger partial charge is 0.260 e. The molecule has 0 radical (unpaired) electrons. The van der Waals surface area contributed by atoms with Crippen molar-refractivity contribution in [3.05, 3.63) is 57.3 Å². The maximum Gasteiger partial charge on any atom is 0.260 e. The van der Waals surface area contributed by atoms with E-state index in [1.165, 1.54) is 11.8 Å². The molecule has 25 heavy (non-hydrogen) atoms. The van der Waals surface area contributed by atoms with Gasteiger partial charge in [-0.2, -0.15) is 0 Å². The van der Waals surface area contributed by atoms with Crippen LogP contribution in [0.4, 0.5) is 5.69 Å². The molecule has 0 aliphatic carbocycles. The summed E-state index contributed by atoms with van der Waals surface area (Å²) in [6, 6.07) is 8.80. The maximum atomic E-state index is 12.8. The number of nitrogens with one attached hydrogen (secondary N) is 1. The van der Waals surface area contributed by atoms with Crippen molar-refractivity contribution in [1.82, 2.24) is 9.97 Å². The lowest BCUT2D eigenvalue weighted by atomic mass is 10.2. The normalized spacial score (nSPS) is 10.7. The largest absolute Gasteiger partial charge is 0.461 e. The van der Waals surface area contributed by atoms with E-state index in [9.17, 15) is 4.79 Å². The third kappa shape index (κ3) is 3.89. The molecule has 0 aliphatic heterocycles. The number of anilines is 1. The van der Waals surface area contributed by atoms with Crippen LogP contribution in [-0.4, -0.2) is 22.1 Å². The van der Waals surface area contributed by atoms with Gasteiger partial charge in [0.25, 0.3) is 5.91 Å². The molecule has 0 bridgehead atoms. The summed E-state index contributed by atoms with van der Waals surface area (Å²) in [5.74, 6) is 0.698. The van der Waals surface area contributed by atoms with E-state index >= 15 is 0 Å². The number of aromatic nitrogens is 2. The van der Waals surface area contributed by atoms with Gasteiger partial charge >= 0.3 is 0 Å². The van der Waals surface area contributed by atoms with E-state index < -0.39 is 0 Å². The highest BCUT2D eigenvalue weighted by atomic mass is 79.9. The van der Waals surface area contributed by atoms with Crippen molar-refractivity contribution in [3.63, 3.8) is 0 Å². The minimum atomic E-state index is -0.308. The number of aryl methyl sites for hydroxylation is 1. The van der Waals surface area contributed by atoms with Crippen molar-refractivity contribution in [2.75, 3.05) is 11.6 Å². The summed E-state index contributed by atoms with van der Waals surface area (Å²) in [5, 5.41) is 3.83. The van der Waals surface area contributed by atoms with Crippen molar-refractivity contribution in [1.29, 1.82) is 0 Å². The number of benzene rings is 1. The van der Waals surface area contributed by atoms with Gasteiger partial charge in [0, 0.05) is 4.47 Å². The van der Waals surface area contributed by atoms with Crippen molar-refractivity contribution in [2.24, 2.45) is 0 Å². The van der Waals surface area contributed by atoms with Gasteiger partial charge in [0.1, 0.15) is 5.03 Å². The Morgan fingerprint density at radius 2 is 2.12 bits per heavy atom. The Bertz CT molecular complexity index is 932. The lowest BCUT2D eigenvalue weighted by Crippen LogP contribution is -2.17. The fourth-order valence-electron chi connectivity index (χ4n) is 2.25. The first-order valence-corrected chi connectivity index (χ1v) is 9.62. The first-order chi connectivity index (χ1) is 12.0. The molecule has 1 aromatic carbocycles. The van der Waals surface area contributed by atoms with Gasteiger partial charge < -0.3 is 9.73 Å². The Balaban J connectivity index is 1.97. The van der Waals surface area contributed by atoms with Crippen LogP contribution in [0.1, 0.15) is 16.1 Å². The highest BCUT2D eigenvalue weighted by molar-refractivity contribution is 9.10. The van der Waals surface area contributed by atoms with Crippen molar-refractivity contribution in [3.8, 4) is 11.6 Å². The Kier molecular flexibility index (Phi) is 5.46. The molecular weight excluding hydrogens is 426 g/mol. The molecule has 2 aromatic heterocycles. The standard InChI is InChI=1S/C17H13BrClN3O2S/c1-9-14(16(23)21-12-6-5-10(18)8-11(12)19)17(25-2)22-15(20-9)13-4-3-7-24-13/h3-8H,1-2H3,(H,21,23). The molecule has 0 atom stereocenters. The zero-order valence-corrected chi connectivity index (χ0v) is 16.5. The lowest BCUT2D eigenvalue weighted by Gasteiger charge is -2.12. The topological polar surface area (TPSA) is 68.0 Å². The number of hydrogen-bond donors (Lipinski definition) is 1. The molecule has 0 fully saturated rings. The Morgan fingerprint density at radius 3 is 2.76 bits per heavy atom. The van der Waals surface area contributed by atoms with Gasteiger partial charge in [-0.15, -0.1) is 11.8 Å². The van der Waals surface area contributed by atoms with Crippen LogP contribution < -0.4 is 5.32 Å². The highest BCUT2D eigenvalue weighted by Crippen LogP contribution is 2.29. The first kappa shape index (κ1) is 18.0. The molecule has 5 nitrogen and oxygen atoms in total. The molecule has 3 aromatic rings. The fourth-order valence-corrected chi connectivity index (χ4v) is 3.59. The van der Waals surface area contributed by atoms with Crippen molar-refractivity contribution in [2.45, 2.75) is 11.9 Å². The van der Waals surface area contributed by atoms with E-state index in [-0.39, 0.29) is 5.91 Å². The molecule has 2 heterocycles. The van der Waals surface area contributed by atoms with Crippen LogP contribution in [0.15, 0.2) is 50.5 Å². The minimum Gasteiger partial charge on any atom is -0.461 e. The third-order valence-corrected chi connectivity index (χ3v) is 4.89. The number of carbonyl (C=O) groups excluding carboxylic acids is 1. The van der Waals surface area contributed by atoms with E-state index in [4.69, 9.17) is 16.0 Å². The van der Waals surface area contributed by atoms with E-state index in [1.54, 1.807) is 43.5 Å². The number of nitrogens with zero attached hydrogens (tertiary/aromatic N) is 2. The van der Waals surface area contributed by atoms with Crippen LogP contribution in [0.5, 0.6) is 0 Å². The number of furan rings is 1. The molecule has 0 unspecified atom stereocenters. The summed E-state index contributed by atoms with van der Waals surface area (Å²) >= 11 is 10.9. The summed E-state index contributed by atoms with van der Waals surface area (Å²) in [4.78, 5) is 21.6.